The van der Waals surface area contributed by atoms with Crippen molar-refractivity contribution in [1.29, 1.82) is 0 Å². The fourth-order valence-electron chi connectivity index (χ4n) is 2.32. The maximum Gasteiger partial charge on any atom is 0.352 e. The van der Waals surface area contributed by atoms with E-state index in [9.17, 15) is 19.8 Å². The lowest BCUT2D eigenvalue weighted by molar-refractivity contribution is -0.132. The molecule has 0 bridgehead atoms. The maximum atomic E-state index is 12.2. The Kier molecular flexibility index (Phi) is 4.85. The number of nitrogens with one attached hydrogen (secondary N) is 1. The van der Waals surface area contributed by atoms with E-state index in [2.05, 4.69) is 5.32 Å². The van der Waals surface area contributed by atoms with Gasteiger partial charge in [-0.1, -0.05) is 36.4 Å². The molecule has 1 amide bonds. The quantitative estimate of drug-likeness (QED) is 0.612. The second-order valence-electron chi connectivity index (χ2n) is 5.44. The molecule has 1 heterocycles. The lowest BCUT2D eigenvalue weighted by Crippen LogP contribution is -2.27. The Bertz CT molecular complexity index is 973. The summed E-state index contributed by atoms with van der Waals surface area (Å²) in [7, 11) is 0. The first-order valence-electron chi connectivity index (χ1n) is 7.73. The van der Waals surface area contributed by atoms with E-state index in [1.165, 1.54) is 30.3 Å². The number of carboxylic acids is 1. The number of phenols is 1. The first-order valence-corrected chi connectivity index (χ1v) is 7.73. The van der Waals surface area contributed by atoms with Gasteiger partial charge in [0.1, 0.15) is 23.0 Å². The number of furan rings is 1. The molecule has 0 fully saturated rings. The minimum Gasteiger partial charge on any atom is -0.508 e. The molecule has 0 aliphatic heterocycles. The molecule has 0 unspecified atom stereocenters. The molecule has 0 saturated carbocycles. The third-order valence-corrected chi connectivity index (χ3v) is 3.56. The molecule has 3 N–H and O–H groups in total. The van der Waals surface area contributed by atoms with Gasteiger partial charge in [-0.3, -0.25) is 4.79 Å². The topological polar surface area (TPSA) is 99.8 Å². The van der Waals surface area contributed by atoms with Gasteiger partial charge < -0.3 is 19.9 Å². The molecule has 26 heavy (non-hydrogen) atoms. The van der Waals surface area contributed by atoms with Crippen molar-refractivity contribution < 1.29 is 24.2 Å². The highest BCUT2D eigenvalue weighted by Gasteiger charge is 2.15. The van der Waals surface area contributed by atoms with Crippen LogP contribution in [0.3, 0.4) is 0 Å². The number of benzene rings is 2. The Hall–Kier alpha value is -3.80. The number of aromatic hydroxyl groups is 1. The Morgan fingerprint density at radius 1 is 0.962 bits per heavy atom. The van der Waals surface area contributed by atoms with Gasteiger partial charge >= 0.3 is 5.97 Å². The Balaban J connectivity index is 1.83. The zero-order chi connectivity index (χ0) is 18.5. The summed E-state index contributed by atoms with van der Waals surface area (Å²) in [4.78, 5) is 23.6. The molecule has 0 saturated heterocycles. The minimum atomic E-state index is -1.31. The molecule has 0 atom stereocenters. The number of rotatable bonds is 5. The largest absolute Gasteiger partial charge is 0.508 e. The molecule has 0 radical (unpaired) electrons. The van der Waals surface area contributed by atoms with Crippen molar-refractivity contribution in [3.63, 3.8) is 0 Å². The number of hydrogen-bond acceptors (Lipinski definition) is 4. The molecule has 0 aliphatic carbocycles. The maximum absolute atomic E-state index is 12.2. The van der Waals surface area contributed by atoms with Gasteiger partial charge in [0.2, 0.25) is 0 Å². The van der Waals surface area contributed by atoms with Gasteiger partial charge in [0.25, 0.3) is 5.91 Å². The molecular weight excluding hydrogens is 334 g/mol. The molecule has 2 aromatic carbocycles. The molecule has 3 rings (SSSR count). The van der Waals surface area contributed by atoms with Gasteiger partial charge in [0, 0.05) is 17.2 Å². The lowest BCUT2D eigenvalue weighted by atomic mass is 10.2. The average molecular weight is 349 g/mol. The van der Waals surface area contributed by atoms with Crippen molar-refractivity contribution in [3.8, 4) is 17.1 Å². The van der Waals surface area contributed by atoms with E-state index in [4.69, 9.17) is 4.42 Å². The van der Waals surface area contributed by atoms with E-state index in [1.807, 2.05) is 30.3 Å². The fourth-order valence-corrected chi connectivity index (χ4v) is 2.32. The van der Waals surface area contributed by atoms with Gasteiger partial charge in [-0.25, -0.2) is 4.79 Å². The SMILES string of the molecule is O=C(O)C(=Cc1ccc(-c2ccccc2)o1)NC(=O)c1cccc(O)c1. The average Bonchev–Trinajstić information content (AvgIpc) is 3.10. The van der Waals surface area contributed by atoms with Gasteiger partial charge in [-0.15, -0.1) is 0 Å². The number of carboxylic acid groups (broad SMARTS) is 1. The van der Waals surface area contributed by atoms with Crippen molar-refractivity contribution >= 4 is 18.0 Å². The fraction of sp³-hybridized carbons (Fsp3) is 0. The highest BCUT2D eigenvalue weighted by molar-refractivity contribution is 6.02. The molecule has 0 aliphatic rings. The van der Waals surface area contributed by atoms with Gasteiger partial charge in [0.15, 0.2) is 0 Å². The van der Waals surface area contributed by atoms with Gasteiger partial charge in [-0.2, -0.15) is 0 Å². The summed E-state index contributed by atoms with van der Waals surface area (Å²) in [5.74, 6) is -1.17. The van der Waals surface area contributed by atoms with Crippen LogP contribution >= 0.6 is 0 Å². The smallest absolute Gasteiger partial charge is 0.352 e. The summed E-state index contributed by atoms with van der Waals surface area (Å²) in [6.07, 6.45) is 1.23. The van der Waals surface area contributed by atoms with E-state index >= 15 is 0 Å². The second kappa shape index (κ2) is 7.40. The van der Waals surface area contributed by atoms with E-state index in [-0.39, 0.29) is 22.8 Å². The van der Waals surface area contributed by atoms with Crippen LogP contribution in [-0.2, 0) is 4.79 Å². The standard InChI is InChI=1S/C20H15NO5/c22-15-8-4-7-14(11-15)19(23)21-17(20(24)25)12-16-9-10-18(26-16)13-5-2-1-3-6-13/h1-12,22H,(H,21,23)(H,24,25). The monoisotopic (exact) mass is 349 g/mol. The first-order chi connectivity index (χ1) is 12.5. The summed E-state index contributed by atoms with van der Waals surface area (Å²) >= 11 is 0. The summed E-state index contributed by atoms with van der Waals surface area (Å²) in [6.45, 7) is 0. The van der Waals surface area contributed by atoms with Crippen molar-refractivity contribution in [2.75, 3.05) is 0 Å². The van der Waals surface area contributed by atoms with Crippen LogP contribution in [0.4, 0.5) is 0 Å². The molecule has 0 spiro atoms. The van der Waals surface area contributed by atoms with Crippen molar-refractivity contribution in [1.82, 2.24) is 5.32 Å². The lowest BCUT2D eigenvalue weighted by Gasteiger charge is -2.06. The number of hydrogen-bond donors (Lipinski definition) is 3. The van der Waals surface area contributed by atoms with Crippen LogP contribution in [0.25, 0.3) is 17.4 Å². The number of phenolic OH excluding ortho intramolecular Hbond substituents is 1. The van der Waals surface area contributed by atoms with Crippen molar-refractivity contribution in [2.45, 2.75) is 0 Å². The molecule has 1 aromatic heterocycles. The van der Waals surface area contributed by atoms with Crippen molar-refractivity contribution in [2.24, 2.45) is 0 Å². The van der Waals surface area contributed by atoms with E-state index in [0.717, 1.165) is 5.56 Å². The Morgan fingerprint density at radius 2 is 1.73 bits per heavy atom. The number of aliphatic carboxylic acids is 1. The molecule has 3 aromatic rings. The van der Waals surface area contributed by atoms with Crippen LogP contribution in [-0.4, -0.2) is 22.1 Å². The van der Waals surface area contributed by atoms with Crippen LogP contribution in [0, 0.1) is 0 Å². The van der Waals surface area contributed by atoms with E-state index in [0.29, 0.717) is 5.76 Å². The third-order valence-electron chi connectivity index (χ3n) is 3.56. The zero-order valence-corrected chi connectivity index (χ0v) is 13.5. The molecule has 130 valence electrons. The van der Waals surface area contributed by atoms with Crippen molar-refractivity contribution in [3.05, 3.63) is 83.8 Å². The summed E-state index contributed by atoms with van der Waals surface area (Å²) in [5.41, 5.74) is 0.654. The molecular formula is C20H15NO5. The highest BCUT2D eigenvalue weighted by atomic mass is 16.4. The molecule has 6 heteroatoms. The van der Waals surface area contributed by atoms with Gasteiger partial charge in [-0.05, 0) is 30.3 Å². The first kappa shape index (κ1) is 17.0. The van der Waals surface area contributed by atoms with Crippen LogP contribution in [0.5, 0.6) is 5.75 Å². The predicted octanol–water partition coefficient (Wildman–Crippen LogP) is 3.51. The Labute approximate surface area is 149 Å². The molecule has 6 nitrogen and oxygen atoms in total. The second-order valence-corrected chi connectivity index (χ2v) is 5.44. The summed E-state index contributed by atoms with van der Waals surface area (Å²) in [5, 5.41) is 21.1. The normalized spacial score (nSPS) is 11.2. The summed E-state index contributed by atoms with van der Waals surface area (Å²) in [6, 6.07) is 18.3. The number of carbonyl (C=O) groups excluding carboxylic acids is 1. The Morgan fingerprint density at radius 3 is 2.42 bits per heavy atom. The van der Waals surface area contributed by atoms with Crippen LogP contribution < -0.4 is 5.32 Å². The summed E-state index contributed by atoms with van der Waals surface area (Å²) < 4.78 is 5.63. The highest BCUT2D eigenvalue weighted by Crippen LogP contribution is 2.23. The van der Waals surface area contributed by atoms with Crippen LogP contribution in [0.15, 0.2) is 76.8 Å². The zero-order valence-electron chi connectivity index (χ0n) is 13.5. The predicted molar refractivity (Wildman–Crippen MR) is 95.3 cm³/mol. The van der Waals surface area contributed by atoms with Crippen LogP contribution in [0.1, 0.15) is 16.1 Å². The third kappa shape index (κ3) is 3.99. The van der Waals surface area contributed by atoms with E-state index < -0.39 is 11.9 Å². The van der Waals surface area contributed by atoms with E-state index in [1.54, 1.807) is 12.1 Å². The number of carbonyl (C=O) groups is 2. The van der Waals surface area contributed by atoms with Gasteiger partial charge in [0.05, 0.1) is 0 Å². The van der Waals surface area contributed by atoms with Crippen LogP contribution in [0.2, 0.25) is 0 Å². The number of amides is 1. The minimum absolute atomic E-state index is 0.0861.